The van der Waals surface area contributed by atoms with Crippen molar-refractivity contribution in [3.05, 3.63) is 41.5 Å². The largest absolute Gasteiger partial charge is 0.452 e. The second kappa shape index (κ2) is 7.21. The summed E-state index contributed by atoms with van der Waals surface area (Å²) in [6.45, 7) is 3.51. The van der Waals surface area contributed by atoms with Gasteiger partial charge in [-0.3, -0.25) is 5.32 Å². The molecule has 2 aromatic rings. The van der Waals surface area contributed by atoms with Crippen molar-refractivity contribution >= 4 is 17.7 Å². The van der Waals surface area contributed by atoms with Gasteiger partial charge in [0, 0.05) is 5.69 Å². The minimum absolute atomic E-state index is 0.116. The molecule has 0 atom stereocenters. The second-order valence-corrected chi connectivity index (χ2v) is 4.24. The van der Waals surface area contributed by atoms with Crippen LogP contribution in [0.2, 0.25) is 0 Å². The first-order valence-electron chi connectivity index (χ1n) is 6.58. The number of carbonyl (C=O) groups excluding carboxylic acids is 2. The Morgan fingerprint density at radius 3 is 2.82 bits per heavy atom. The summed E-state index contributed by atoms with van der Waals surface area (Å²) in [4.78, 5) is 27.2. The quantitative estimate of drug-likeness (QED) is 0.845. The lowest BCUT2D eigenvalue weighted by Crippen LogP contribution is -2.14. The van der Waals surface area contributed by atoms with Gasteiger partial charge in [0.1, 0.15) is 0 Å². The monoisotopic (exact) mass is 305 g/mol. The fourth-order valence-electron chi connectivity index (χ4n) is 1.62. The molecule has 2 rings (SSSR count). The number of rotatable bonds is 5. The third-order valence-electron chi connectivity index (χ3n) is 2.52. The first-order valence-corrected chi connectivity index (χ1v) is 6.58. The van der Waals surface area contributed by atoms with Crippen molar-refractivity contribution in [3.63, 3.8) is 0 Å². The minimum atomic E-state index is -0.589. The molecule has 1 amide bonds. The average molecular weight is 305 g/mol. The highest BCUT2D eigenvalue weighted by Crippen LogP contribution is 2.13. The fraction of sp³-hybridized carbons (Fsp3) is 0.286. The number of anilines is 1. The molecule has 0 fully saturated rings. The molecule has 8 nitrogen and oxygen atoms in total. The predicted octanol–water partition coefficient (Wildman–Crippen LogP) is 2.30. The maximum absolute atomic E-state index is 11.9. The molecule has 1 heterocycles. The van der Waals surface area contributed by atoms with Crippen molar-refractivity contribution in [2.45, 2.75) is 20.5 Å². The van der Waals surface area contributed by atoms with Crippen molar-refractivity contribution in [1.82, 2.24) is 10.1 Å². The lowest BCUT2D eigenvalue weighted by molar-refractivity contribution is 0.0430. The van der Waals surface area contributed by atoms with Crippen molar-refractivity contribution in [1.29, 1.82) is 0 Å². The summed E-state index contributed by atoms with van der Waals surface area (Å²) in [6, 6.07) is 6.31. The van der Waals surface area contributed by atoms with E-state index >= 15 is 0 Å². The van der Waals surface area contributed by atoms with Crippen LogP contribution < -0.4 is 5.32 Å². The third kappa shape index (κ3) is 4.30. The van der Waals surface area contributed by atoms with Gasteiger partial charge in [-0.25, -0.2) is 9.59 Å². The molecule has 0 unspecified atom stereocenters. The topological polar surface area (TPSA) is 104 Å². The van der Waals surface area contributed by atoms with E-state index in [9.17, 15) is 9.59 Å². The van der Waals surface area contributed by atoms with Crippen LogP contribution in [0.25, 0.3) is 0 Å². The molecule has 0 aliphatic heterocycles. The first-order chi connectivity index (χ1) is 10.6. The van der Waals surface area contributed by atoms with Crippen LogP contribution in [0.1, 0.15) is 29.0 Å². The number of ether oxygens (including phenoxy) is 2. The molecule has 0 saturated carbocycles. The maximum Gasteiger partial charge on any atom is 0.411 e. The predicted molar refractivity (Wildman–Crippen MR) is 75.2 cm³/mol. The van der Waals surface area contributed by atoms with Crippen molar-refractivity contribution < 1.29 is 23.6 Å². The summed E-state index contributed by atoms with van der Waals surface area (Å²) < 4.78 is 14.7. The standard InChI is InChI=1S/C14H15N3O5/c1-3-20-14(19)16-11-6-4-5-10(7-11)13(18)21-8-12-15-9(2)17-22-12/h4-7H,3,8H2,1-2H3,(H,16,19). The Morgan fingerprint density at radius 1 is 1.32 bits per heavy atom. The molecule has 0 spiro atoms. The van der Waals surface area contributed by atoms with Crippen LogP contribution in [0.4, 0.5) is 10.5 Å². The van der Waals surface area contributed by atoms with Crippen molar-refractivity contribution in [2.75, 3.05) is 11.9 Å². The van der Waals surface area contributed by atoms with Gasteiger partial charge < -0.3 is 14.0 Å². The molecule has 1 N–H and O–H groups in total. The molecule has 0 saturated heterocycles. The molecule has 0 radical (unpaired) electrons. The van der Waals surface area contributed by atoms with Gasteiger partial charge in [0.15, 0.2) is 12.4 Å². The number of esters is 1. The number of nitrogens with zero attached hydrogens (tertiary/aromatic N) is 2. The highest BCUT2D eigenvalue weighted by Gasteiger charge is 2.11. The summed E-state index contributed by atoms with van der Waals surface area (Å²) in [5, 5.41) is 6.10. The highest BCUT2D eigenvalue weighted by molar-refractivity contribution is 5.92. The Balaban J connectivity index is 1.96. The molecule has 22 heavy (non-hydrogen) atoms. The smallest absolute Gasteiger partial charge is 0.411 e. The lowest BCUT2D eigenvalue weighted by atomic mass is 10.2. The van der Waals surface area contributed by atoms with Gasteiger partial charge in [-0.1, -0.05) is 11.2 Å². The van der Waals surface area contributed by atoms with Gasteiger partial charge >= 0.3 is 12.1 Å². The maximum atomic E-state index is 11.9. The van der Waals surface area contributed by atoms with Crippen LogP contribution in [0.5, 0.6) is 0 Å². The van der Waals surface area contributed by atoms with E-state index in [1.54, 1.807) is 32.0 Å². The van der Waals surface area contributed by atoms with Gasteiger partial charge in [0.2, 0.25) is 0 Å². The van der Waals surface area contributed by atoms with E-state index in [2.05, 4.69) is 15.5 Å². The minimum Gasteiger partial charge on any atom is -0.452 e. The SMILES string of the molecule is CCOC(=O)Nc1cccc(C(=O)OCc2nc(C)no2)c1. The van der Waals surface area contributed by atoms with Gasteiger partial charge in [-0.15, -0.1) is 0 Å². The Morgan fingerprint density at radius 2 is 2.14 bits per heavy atom. The van der Waals surface area contributed by atoms with Gasteiger partial charge in [0.25, 0.3) is 5.89 Å². The lowest BCUT2D eigenvalue weighted by Gasteiger charge is -2.07. The van der Waals surface area contributed by atoms with Crippen molar-refractivity contribution in [3.8, 4) is 0 Å². The van der Waals surface area contributed by atoms with Crippen LogP contribution in [0.15, 0.2) is 28.8 Å². The average Bonchev–Trinajstić information content (AvgIpc) is 2.91. The van der Waals surface area contributed by atoms with Crippen molar-refractivity contribution in [2.24, 2.45) is 0 Å². The zero-order chi connectivity index (χ0) is 15.9. The van der Waals surface area contributed by atoms with E-state index in [1.165, 1.54) is 6.07 Å². The summed E-state index contributed by atoms with van der Waals surface area (Å²) in [5.41, 5.74) is 0.715. The number of hydrogen-bond acceptors (Lipinski definition) is 7. The van der Waals surface area contributed by atoms with E-state index in [4.69, 9.17) is 14.0 Å². The summed E-state index contributed by atoms with van der Waals surface area (Å²) in [5.74, 6) is 0.113. The Bertz CT molecular complexity index is 668. The molecular weight excluding hydrogens is 290 g/mol. The summed E-state index contributed by atoms with van der Waals surface area (Å²) in [7, 11) is 0. The highest BCUT2D eigenvalue weighted by atomic mass is 16.6. The molecule has 1 aromatic heterocycles. The Hall–Kier alpha value is -2.90. The molecular formula is C14H15N3O5. The molecule has 0 bridgehead atoms. The number of nitrogens with one attached hydrogen (secondary N) is 1. The number of hydrogen-bond donors (Lipinski definition) is 1. The van der Waals surface area contributed by atoms with Crippen LogP contribution in [-0.4, -0.2) is 28.8 Å². The van der Waals surface area contributed by atoms with Crippen LogP contribution in [0.3, 0.4) is 0 Å². The Labute approximate surface area is 126 Å². The number of aryl methyl sites for hydroxylation is 1. The van der Waals surface area contributed by atoms with Gasteiger partial charge in [-0.2, -0.15) is 4.98 Å². The summed E-state index contributed by atoms with van der Waals surface area (Å²) in [6.07, 6.45) is -0.589. The van der Waals surface area contributed by atoms with Crippen LogP contribution >= 0.6 is 0 Å². The normalized spacial score (nSPS) is 10.1. The first kappa shape index (κ1) is 15.5. The number of carbonyl (C=O) groups is 2. The molecule has 1 aromatic carbocycles. The fourth-order valence-corrected chi connectivity index (χ4v) is 1.62. The molecule has 0 aliphatic carbocycles. The van der Waals surface area contributed by atoms with Gasteiger partial charge in [-0.05, 0) is 32.0 Å². The van der Waals surface area contributed by atoms with E-state index < -0.39 is 12.1 Å². The zero-order valence-corrected chi connectivity index (χ0v) is 12.2. The number of amides is 1. The Kier molecular flexibility index (Phi) is 5.07. The van der Waals surface area contributed by atoms with Crippen LogP contribution in [0, 0.1) is 6.92 Å². The summed E-state index contributed by atoms with van der Waals surface area (Å²) >= 11 is 0. The number of aromatic nitrogens is 2. The van der Waals surface area contributed by atoms with E-state index in [-0.39, 0.29) is 24.7 Å². The van der Waals surface area contributed by atoms with E-state index in [1.807, 2.05) is 0 Å². The zero-order valence-electron chi connectivity index (χ0n) is 12.2. The second-order valence-electron chi connectivity index (χ2n) is 4.24. The molecule has 116 valence electrons. The molecule has 8 heteroatoms. The molecule has 0 aliphatic rings. The number of benzene rings is 1. The van der Waals surface area contributed by atoms with E-state index in [0.717, 1.165) is 0 Å². The van der Waals surface area contributed by atoms with Gasteiger partial charge in [0.05, 0.1) is 12.2 Å². The van der Waals surface area contributed by atoms with E-state index in [0.29, 0.717) is 11.5 Å². The third-order valence-corrected chi connectivity index (χ3v) is 2.52. The van der Waals surface area contributed by atoms with Crippen LogP contribution in [-0.2, 0) is 16.1 Å².